The van der Waals surface area contributed by atoms with Crippen molar-refractivity contribution < 1.29 is 13.9 Å². The molecule has 0 bridgehead atoms. The first-order valence-electron chi connectivity index (χ1n) is 4.94. The minimum absolute atomic E-state index is 0.00898. The molecule has 0 spiro atoms. The average molecular weight is 207 g/mol. The maximum atomic E-state index is 11.6. The van der Waals surface area contributed by atoms with Gasteiger partial charge in [-0.3, -0.25) is 4.79 Å². The van der Waals surface area contributed by atoms with E-state index in [0.29, 0.717) is 32.1 Å². The lowest BCUT2D eigenvalue weighted by Gasteiger charge is -2.25. The highest BCUT2D eigenvalue weighted by molar-refractivity contribution is 5.91. The lowest BCUT2D eigenvalue weighted by Crippen LogP contribution is -2.39. The van der Waals surface area contributed by atoms with Crippen LogP contribution in [0.15, 0.2) is 28.9 Å². The summed E-state index contributed by atoms with van der Waals surface area (Å²) < 4.78 is 10.3. The summed E-state index contributed by atoms with van der Waals surface area (Å²) in [5.74, 6) is 0.700. The molecule has 0 unspecified atom stereocenters. The zero-order valence-electron chi connectivity index (χ0n) is 8.39. The van der Waals surface area contributed by atoms with Crippen molar-refractivity contribution in [1.82, 2.24) is 4.90 Å². The van der Waals surface area contributed by atoms with Gasteiger partial charge in [-0.1, -0.05) is 0 Å². The van der Waals surface area contributed by atoms with E-state index in [4.69, 9.17) is 9.15 Å². The number of furan rings is 1. The Morgan fingerprint density at radius 2 is 2.20 bits per heavy atom. The van der Waals surface area contributed by atoms with Crippen LogP contribution in [0.2, 0.25) is 0 Å². The molecule has 0 atom stereocenters. The van der Waals surface area contributed by atoms with E-state index in [-0.39, 0.29) is 5.91 Å². The molecule has 1 aliphatic rings. The van der Waals surface area contributed by atoms with Crippen molar-refractivity contribution in [3.63, 3.8) is 0 Å². The van der Waals surface area contributed by atoms with E-state index in [1.54, 1.807) is 23.3 Å². The third-order valence-electron chi connectivity index (χ3n) is 2.26. The van der Waals surface area contributed by atoms with Crippen LogP contribution in [0.5, 0.6) is 0 Å². The summed E-state index contributed by atoms with van der Waals surface area (Å²) in [6.07, 6.45) is 4.79. The largest absolute Gasteiger partial charge is 0.465 e. The van der Waals surface area contributed by atoms with Crippen LogP contribution in [-0.2, 0) is 9.53 Å². The molecule has 1 saturated heterocycles. The van der Waals surface area contributed by atoms with Crippen molar-refractivity contribution in [2.75, 3.05) is 26.3 Å². The Morgan fingerprint density at radius 3 is 2.87 bits per heavy atom. The molecular formula is C11H13NO3. The van der Waals surface area contributed by atoms with Crippen LogP contribution in [0.1, 0.15) is 5.76 Å². The van der Waals surface area contributed by atoms with Crippen molar-refractivity contribution in [3.8, 4) is 0 Å². The van der Waals surface area contributed by atoms with Crippen LogP contribution >= 0.6 is 0 Å². The van der Waals surface area contributed by atoms with Crippen LogP contribution in [0.4, 0.5) is 0 Å². The second-order valence-electron chi connectivity index (χ2n) is 3.29. The molecule has 0 aliphatic carbocycles. The molecule has 1 fully saturated rings. The van der Waals surface area contributed by atoms with Crippen LogP contribution < -0.4 is 0 Å². The molecule has 1 amide bonds. The molecule has 2 rings (SSSR count). The van der Waals surface area contributed by atoms with E-state index in [9.17, 15) is 4.79 Å². The number of carbonyl (C=O) groups excluding carboxylic acids is 1. The first kappa shape index (κ1) is 9.98. The van der Waals surface area contributed by atoms with Crippen molar-refractivity contribution in [2.45, 2.75) is 0 Å². The second-order valence-corrected chi connectivity index (χ2v) is 3.29. The number of ether oxygens (including phenoxy) is 1. The maximum absolute atomic E-state index is 11.6. The van der Waals surface area contributed by atoms with Crippen molar-refractivity contribution in [3.05, 3.63) is 30.2 Å². The Bertz CT molecular complexity index is 337. The zero-order chi connectivity index (χ0) is 10.5. The fourth-order valence-electron chi connectivity index (χ4n) is 1.43. The van der Waals surface area contributed by atoms with E-state index in [2.05, 4.69) is 0 Å². The number of hydrogen-bond donors (Lipinski definition) is 0. The smallest absolute Gasteiger partial charge is 0.246 e. The number of nitrogens with zero attached hydrogens (tertiary/aromatic N) is 1. The van der Waals surface area contributed by atoms with Gasteiger partial charge in [-0.2, -0.15) is 0 Å². The molecule has 0 aromatic carbocycles. The predicted octanol–water partition coefficient (Wildman–Crippen LogP) is 1.15. The van der Waals surface area contributed by atoms with Gasteiger partial charge in [-0.05, 0) is 18.2 Å². The van der Waals surface area contributed by atoms with Gasteiger partial charge in [0.05, 0.1) is 19.5 Å². The first-order chi connectivity index (χ1) is 7.36. The van der Waals surface area contributed by atoms with Gasteiger partial charge in [0.1, 0.15) is 5.76 Å². The summed E-state index contributed by atoms with van der Waals surface area (Å²) in [5.41, 5.74) is 0. The fourth-order valence-corrected chi connectivity index (χ4v) is 1.43. The van der Waals surface area contributed by atoms with Crippen LogP contribution in [-0.4, -0.2) is 37.1 Å². The van der Waals surface area contributed by atoms with Gasteiger partial charge in [0.25, 0.3) is 0 Å². The highest BCUT2D eigenvalue weighted by atomic mass is 16.5. The van der Waals surface area contributed by atoms with Gasteiger partial charge < -0.3 is 14.1 Å². The number of amides is 1. The molecule has 1 aromatic heterocycles. The van der Waals surface area contributed by atoms with E-state index in [1.807, 2.05) is 6.07 Å². The molecule has 80 valence electrons. The quantitative estimate of drug-likeness (QED) is 0.683. The topological polar surface area (TPSA) is 42.7 Å². The fraction of sp³-hybridized carbons (Fsp3) is 0.364. The average Bonchev–Trinajstić information content (AvgIpc) is 2.80. The number of morpholine rings is 1. The van der Waals surface area contributed by atoms with E-state index >= 15 is 0 Å². The zero-order valence-corrected chi connectivity index (χ0v) is 8.39. The molecule has 15 heavy (non-hydrogen) atoms. The van der Waals surface area contributed by atoms with Gasteiger partial charge in [0.15, 0.2) is 0 Å². The Balaban J connectivity index is 1.91. The molecule has 1 aromatic rings. The van der Waals surface area contributed by atoms with E-state index < -0.39 is 0 Å². The summed E-state index contributed by atoms with van der Waals surface area (Å²) in [7, 11) is 0. The number of rotatable bonds is 2. The molecular weight excluding hydrogens is 194 g/mol. The van der Waals surface area contributed by atoms with Crippen molar-refractivity contribution >= 4 is 12.0 Å². The highest BCUT2D eigenvalue weighted by Crippen LogP contribution is 2.04. The molecule has 4 heteroatoms. The van der Waals surface area contributed by atoms with Crippen molar-refractivity contribution in [1.29, 1.82) is 0 Å². The lowest BCUT2D eigenvalue weighted by atomic mass is 10.3. The Morgan fingerprint density at radius 1 is 1.40 bits per heavy atom. The first-order valence-corrected chi connectivity index (χ1v) is 4.94. The van der Waals surface area contributed by atoms with Gasteiger partial charge in [0, 0.05) is 19.2 Å². The summed E-state index contributed by atoms with van der Waals surface area (Å²) in [6.45, 7) is 2.59. The molecule has 1 aliphatic heterocycles. The molecule has 4 nitrogen and oxygen atoms in total. The summed E-state index contributed by atoms with van der Waals surface area (Å²) in [6, 6.07) is 3.60. The minimum atomic E-state index is 0.00898. The third-order valence-corrected chi connectivity index (χ3v) is 2.26. The molecule has 0 radical (unpaired) electrons. The number of hydrogen-bond acceptors (Lipinski definition) is 3. The summed E-state index contributed by atoms with van der Waals surface area (Å²) in [4.78, 5) is 13.4. The summed E-state index contributed by atoms with van der Waals surface area (Å²) in [5, 5.41) is 0. The Hall–Kier alpha value is -1.55. The third kappa shape index (κ3) is 2.70. The second kappa shape index (κ2) is 4.79. The van der Waals surface area contributed by atoms with Crippen LogP contribution in [0.3, 0.4) is 0 Å². The van der Waals surface area contributed by atoms with E-state index in [0.717, 1.165) is 0 Å². The monoisotopic (exact) mass is 207 g/mol. The predicted molar refractivity (Wildman–Crippen MR) is 55.1 cm³/mol. The molecule has 2 heterocycles. The van der Waals surface area contributed by atoms with Crippen molar-refractivity contribution in [2.24, 2.45) is 0 Å². The molecule has 0 saturated carbocycles. The minimum Gasteiger partial charge on any atom is -0.465 e. The van der Waals surface area contributed by atoms with Gasteiger partial charge in [-0.15, -0.1) is 0 Å². The van der Waals surface area contributed by atoms with Gasteiger partial charge in [0.2, 0.25) is 5.91 Å². The Kier molecular flexibility index (Phi) is 3.19. The standard InChI is InChI=1S/C11H13NO3/c13-11(12-5-8-14-9-6-12)4-3-10-2-1-7-15-10/h1-4,7H,5-6,8-9H2/b4-3+. The van der Waals surface area contributed by atoms with Crippen LogP contribution in [0.25, 0.3) is 6.08 Å². The summed E-state index contributed by atoms with van der Waals surface area (Å²) >= 11 is 0. The van der Waals surface area contributed by atoms with Crippen LogP contribution in [0, 0.1) is 0 Å². The SMILES string of the molecule is O=C(/C=C/c1ccco1)N1CCOCC1. The van der Waals surface area contributed by atoms with Gasteiger partial charge in [-0.25, -0.2) is 0 Å². The van der Waals surface area contributed by atoms with E-state index in [1.165, 1.54) is 6.08 Å². The Labute approximate surface area is 88.1 Å². The van der Waals surface area contributed by atoms with Gasteiger partial charge >= 0.3 is 0 Å². The maximum Gasteiger partial charge on any atom is 0.246 e. The normalized spacial score (nSPS) is 17.2. The number of carbonyl (C=O) groups is 1. The lowest BCUT2D eigenvalue weighted by molar-refractivity contribution is -0.129. The highest BCUT2D eigenvalue weighted by Gasteiger charge is 2.13. The molecule has 0 N–H and O–H groups in total.